The Bertz CT molecular complexity index is 357. The van der Waals surface area contributed by atoms with Crippen molar-refractivity contribution in [3.8, 4) is 0 Å². The predicted octanol–water partition coefficient (Wildman–Crippen LogP) is 3.94. The molecule has 0 spiro atoms. The van der Waals surface area contributed by atoms with Crippen molar-refractivity contribution in [3.05, 3.63) is 28.2 Å². The Morgan fingerprint density at radius 1 is 1.39 bits per heavy atom. The summed E-state index contributed by atoms with van der Waals surface area (Å²) in [5, 5.41) is 3.69. The van der Waals surface area contributed by atoms with Crippen LogP contribution < -0.4 is 5.32 Å². The molecule has 1 aliphatic rings. The van der Waals surface area contributed by atoms with Gasteiger partial charge in [0.05, 0.1) is 5.51 Å². The van der Waals surface area contributed by atoms with Gasteiger partial charge in [-0.05, 0) is 51.5 Å². The van der Waals surface area contributed by atoms with E-state index in [-0.39, 0.29) is 0 Å². The second-order valence-corrected chi connectivity index (χ2v) is 6.11. The van der Waals surface area contributed by atoms with Crippen molar-refractivity contribution in [1.82, 2.24) is 10.3 Å². The van der Waals surface area contributed by atoms with Gasteiger partial charge in [0, 0.05) is 17.1 Å². The lowest BCUT2D eigenvalue weighted by Crippen LogP contribution is -2.32. The molecule has 0 bridgehead atoms. The molecule has 0 amide bonds. The molecule has 0 fully saturated rings. The summed E-state index contributed by atoms with van der Waals surface area (Å²) in [6.45, 7) is 3.35. The summed E-state index contributed by atoms with van der Waals surface area (Å²) in [7, 11) is 0. The number of nitrogens with one attached hydrogen (secondary N) is 1. The van der Waals surface area contributed by atoms with Crippen LogP contribution in [0.4, 0.5) is 0 Å². The Labute approximate surface area is 115 Å². The van der Waals surface area contributed by atoms with Crippen LogP contribution in [0.2, 0.25) is 0 Å². The van der Waals surface area contributed by atoms with Gasteiger partial charge in [-0.1, -0.05) is 18.6 Å². The number of aromatic nitrogens is 1. The zero-order valence-electron chi connectivity index (χ0n) is 11.3. The molecule has 2 rings (SSSR count). The molecular weight excluding hydrogens is 240 g/mol. The Kier molecular flexibility index (Phi) is 5.88. The van der Waals surface area contributed by atoms with Crippen LogP contribution in [-0.2, 0) is 6.42 Å². The summed E-state index contributed by atoms with van der Waals surface area (Å²) in [6.07, 6.45) is 13.4. The first-order valence-corrected chi connectivity index (χ1v) is 8.05. The molecule has 0 saturated carbocycles. The normalized spacial score (nSPS) is 17.5. The smallest absolute Gasteiger partial charge is 0.0794 e. The van der Waals surface area contributed by atoms with Gasteiger partial charge in [0.15, 0.2) is 0 Å². The number of rotatable bonds is 7. The van der Waals surface area contributed by atoms with Gasteiger partial charge in [0.25, 0.3) is 0 Å². The van der Waals surface area contributed by atoms with Crippen molar-refractivity contribution in [2.24, 2.45) is 0 Å². The van der Waals surface area contributed by atoms with E-state index in [1.165, 1.54) is 43.4 Å². The van der Waals surface area contributed by atoms with Crippen molar-refractivity contribution in [2.45, 2.75) is 57.9 Å². The zero-order chi connectivity index (χ0) is 12.6. The maximum Gasteiger partial charge on any atom is 0.0794 e. The van der Waals surface area contributed by atoms with Crippen molar-refractivity contribution >= 4 is 11.3 Å². The second kappa shape index (κ2) is 7.70. The molecule has 18 heavy (non-hydrogen) atoms. The fourth-order valence-electron chi connectivity index (χ4n) is 2.56. The standard InChI is InChI=1S/C15H24N2S/c1-2-8-17-14(10-15-11-16-12-18-15)9-13-6-4-3-5-7-13/h6,11-12,14,17H,2-5,7-10H2,1H3. The topological polar surface area (TPSA) is 24.9 Å². The highest BCUT2D eigenvalue weighted by molar-refractivity contribution is 7.09. The van der Waals surface area contributed by atoms with E-state index in [0.29, 0.717) is 6.04 Å². The molecule has 1 aromatic heterocycles. The number of thiazole rings is 1. The minimum Gasteiger partial charge on any atom is -0.313 e. The molecule has 100 valence electrons. The average molecular weight is 264 g/mol. The highest BCUT2D eigenvalue weighted by Crippen LogP contribution is 2.23. The molecule has 0 aliphatic heterocycles. The lowest BCUT2D eigenvalue weighted by Gasteiger charge is -2.21. The summed E-state index contributed by atoms with van der Waals surface area (Å²) in [5.74, 6) is 0. The molecule has 1 aromatic rings. The average Bonchev–Trinajstić information content (AvgIpc) is 2.90. The lowest BCUT2D eigenvalue weighted by atomic mass is 9.93. The van der Waals surface area contributed by atoms with Gasteiger partial charge in [-0.25, -0.2) is 0 Å². The lowest BCUT2D eigenvalue weighted by molar-refractivity contribution is 0.492. The first kappa shape index (κ1) is 13.8. The number of hydrogen-bond acceptors (Lipinski definition) is 3. The highest BCUT2D eigenvalue weighted by Gasteiger charge is 2.13. The predicted molar refractivity (Wildman–Crippen MR) is 79.1 cm³/mol. The maximum absolute atomic E-state index is 4.18. The van der Waals surface area contributed by atoms with Gasteiger partial charge < -0.3 is 5.32 Å². The van der Waals surface area contributed by atoms with Crippen LogP contribution in [0.3, 0.4) is 0 Å². The van der Waals surface area contributed by atoms with Crippen molar-refractivity contribution < 1.29 is 0 Å². The molecule has 3 heteroatoms. The largest absolute Gasteiger partial charge is 0.313 e. The summed E-state index contributed by atoms with van der Waals surface area (Å²) in [6, 6.07) is 0.592. The van der Waals surface area contributed by atoms with E-state index >= 15 is 0 Å². The SMILES string of the molecule is CCCNC(CC1=CCCCC1)Cc1cncs1. The van der Waals surface area contributed by atoms with E-state index < -0.39 is 0 Å². The Balaban J connectivity index is 1.89. The molecule has 0 radical (unpaired) electrons. The van der Waals surface area contributed by atoms with E-state index in [9.17, 15) is 0 Å². The van der Waals surface area contributed by atoms with Gasteiger partial charge in [-0.3, -0.25) is 4.98 Å². The number of nitrogens with zero attached hydrogens (tertiary/aromatic N) is 1. The Hall–Kier alpha value is -0.670. The zero-order valence-corrected chi connectivity index (χ0v) is 12.1. The number of hydrogen-bond donors (Lipinski definition) is 1. The van der Waals surface area contributed by atoms with Crippen LogP contribution in [-0.4, -0.2) is 17.6 Å². The Morgan fingerprint density at radius 2 is 2.33 bits per heavy atom. The third-order valence-electron chi connectivity index (χ3n) is 3.51. The monoisotopic (exact) mass is 264 g/mol. The van der Waals surface area contributed by atoms with Crippen LogP contribution in [0.1, 0.15) is 50.3 Å². The fraction of sp³-hybridized carbons (Fsp3) is 0.667. The molecule has 1 N–H and O–H groups in total. The van der Waals surface area contributed by atoms with Crippen molar-refractivity contribution in [1.29, 1.82) is 0 Å². The van der Waals surface area contributed by atoms with Gasteiger partial charge >= 0.3 is 0 Å². The molecule has 0 saturated heterocycles. The Morgan fingerprint density at radius 3 is 3.00 bits per heavy atom. The van der Waals surface area contributed by atoms with Gasteiger partial charge in [-0.2, -0.15) is 0 Å². The van der Waals surface area contributed by atoms with Gasteiger partial charge in [-0.15, -0.1) is 11.3 Å². The summed E-state index contributed by atoms with van der Waals surface area (Å²) in [5.41, 5.74) is 3.60. The highest BCUT2D eigenvalue weighted by atomic mass is 32.1. The van der Waals surface area contributed by atoms with E-state index in [1.807, 2.05) is 11.7 Å². The first-order valence-electron chi connectivity index (χ1n) is 7.17. The van der Waals surface area contributed by atoms with E-state index in [2.05, 4.69) is 23.3 Å². The fourth-order valence-corrected chi connectivity index (χ4v) is 3.23. The van der Waals surface area contributed by atoms with E-state index in [1.54, 1.807) is 16.9 Å². The summed E-state index contributed by atoms with van der Waals surface area (Å²) in [4.78, 5) is 5.58. The quantitative estimate of drug-likeness (QED) is 0.754. The first-order chi connectivity index (χ1) is 8.88. The minimum absolute atomic E-state index is 0.592. The van der Waals surface area contributed by atoms with Crippen LogP contribution >= 0.6 is 11.3 Å². The van der Waals surface area contributed by atoms with E-state index in [0.717, 1.165) is 13.0 Å². The van der Waals surface area contributed by atoms with E-state index in [4.69, 9.17) is 0 Å². The van der Waals surface area contributed by atoms with Gasteiger partial charge in [0.1, 0.15) is 0 Å². The maximum atomic E-state index is 4.18. The molecule has 2 nitrogen and oxygen atoms in total. The molecule has 1 atom stereocenters. The molecule has 1 unspecified atom stereocenters. The van der Waals surface area contributed by atoms with Crippen LogP contribution in [0.15, 0.2) is 23.4 Å². The van der Waals surface area contributed by atoms with Crippen LogP contribution in [0.25, 0.3) is 0 Å². The summed E-state index contributed by atoms with van der Waals surface area (Å²) >= 11 is 1.78. The molecule has 0 aromatic carbocycles. The molecule has 1 heterocycles. The van der Waals surface area contributed by atoms with Crippen molar-refractivity contribution in [2.75, 3.05) is 6.54 Å². The molecular formula is C15H24N2S. The molecule has 1 aliphatic carbocycles. The summed E-state index contributed by atoms with van der Waals surface area (Å²) < 4.78 is 0. The minimum atomic E-state index is 0.592. The second-order valence-electron chi connectivity index (χ2n) is 5.14. The number of allylic oxidation sites excluding steroid dienone is 1. The van der Waals surface area contributed by atoms with Gasteiger partial charge in [0.2, 0.25) is 0 Å². The van der Waals surface area contributed by atoms with Crippen molar-refractivity contribution in [3.63, 3.8) is 0 Å². The van der Waals surface area contributed by atoms with Crippen LogP contribution in [0.5, 0.6) is 0 Å². The third-order valence-corrected chi connectivity index (χ3v) is 4.31. The third kappa shape index (κ3) is 4.54. The van der Waals surface area contributed by atoms with Crippen LogP contribution in [0, 0.1) is 0 Å².